The molecule has 0 saturated carbocycles. The molecule has 3 nitrogen and oxygen atoms in total. The van der Waals surface area contributed by atoms with Gasteiger partial charge >= 0.3 is 0 Å². The van der Waals surface area contributed by atoms with Crippen LogP contribution in [0.1, 0.15) is 0 Å². The summed E-state index contributed by atoms with van der Waals surface area (Å²) in [6, 6.07) is 82.9. The number of hydrogen-bond acceptors (Lipinski definition) is 2. The maximum Gasteiger partial charge on any atom is 0.159 e. The molecular weight excluding hydrogens is 741 g/mol. The van der Waals surface area contributed by atoms with E-state index in [1.165, 1.54) is 49.4 Å². The molecule has 0 spiro atoms. The minimum atomic E-state index is 0.888. The lowest BCUT2D eigenvalue weighted by Crippen LogP contribution is -2.10. The number of hydrogen-bond donors (Lipinski definition) is 0. The molecule has 10 aromatic carbocycles. The zero-order valence-corrected chi connectivity index (χ0v) is 33.2. The van der Waals surface area contributed by atoms with Crippen LogP contribution in [0.15, 0.2) is 235 Å². The molecule has 286 valence electrons. The number of para-hydroxylation sites is 3. The first-order chi connectivity index (χ1) is 30.3. The van der Waals surface area contributed by atoms with Gasteiger partial charge in [-0.25, -0.2) is 0 Å². The second-order valence-electron chi connectivity index (χ2n) is 15.7. The topological polar surface area (TPSA) is 21.3 Å². The molecule has 61 heavy (non-hydrogen) atoms. The first-order valence-electron chi connectivity index (χ1n) is 20.8. The lowest BCUT2D eigenvalue weighted by atomic mass is 9.97. The van der Waals surface area contributed by atoms with Gasteiger partial charge in [-0.2, -0.15) is 0 Å². The van der Waals surface area contributed by atoms with Gasteiger partial charge in [0.1, 0.15) is 5.58 Å². The van der Waals surface area contributed by atoms with Gasteiger partial charge in [-0.05, 0) is 105 Å². The predicted molar refractivity (Wildman–Crippen MR) is 257 cm³/mol. The number of fused-ring (bicyclic) bond motifs is 7. The first-order valence-corrected chi connectivity index (χ1v) is 20.8. The number of furan rings is 1. The average Bonchev–Trinajstić information content (AvgIpc) is 3.89. The fraction of sp³-hybridized carbons (Fsp3) is 0. The van der Waals surface area contributed by atoms with Gasteiger partial charge in [0, 0.05) is 38.6 Å². The predicted octanol–water partition coefficient (Wildman–Crippen LogP) is 16.3. The Balaban J connectivity index is 1.01. The van der Waals surface area contributed by atoms with Crippen LogP contribution in [-0.4, -0.2) is 4.57 Å². The van der Waals surface area contributed by atoms with Crippen LogP contribution in [0.4, 0.5) is 17.1 Å². The van der Waals surface area contributed by atoms with Gasteiger partial charge in [0.05, 0.1) is 16.7 Å². The average molecular weight is 779 g/mol. The Morgan fingerprint density at radius 2 is 0.918 bits per heavy atom. The highest BCUT2D eigenvalue weighted by atomic mass is 16.3. The fourth-order valence-electron chi connectivity index (χ4n) is 9.39. The van der Waals surface area contributed by atoms with Crippen molar-refractivity contribution >= 4 is 71.6 Å². The third-order valence-electron chi connectivity index (χ3n) is 12.2. The van der Waals surface area contributed by atoms with Crippen molar-refractivity contribution in [1.82, 2.24) is 4.57 Å². The maximum atomic E-state index is 6.60. The molecule has 0 aliphatic rings. The fourth-order valence-corrected chi connectivity index (χ4v) is 9.39. The molecule has 0 saturated heterocycles. The lowest BCUT2D eigenvalue weighted by molar-refractivity contribution is 0.666. The Labute approximate surface area is 353 Å². The molecule has 0 aliphatic heterocycles. The smallest absolute Gasteiger partial charge is 0.159 e. The minimum Gasteiger partial charge on any atom is -0.454 e. The van der Waals surface area contributed by atoms with E-state index < -0.39 is 0 Å². The summed E-state index contributed by atoms with van der Waals surface area (Å²) in [6.07, 6.45) is 0. The summed E-state index contributed by atoms with van der Waals surface area (Å²) in [7, 11) is 0. The Morgan fingerprint density at radius 3 is 1.75 bits per heavy atom. The summed E-state index contributed by atoms with van der Waals surface area (Å²) in [5, 5.41) is 7.14. The van der Waals surface area contributed by atoms with Crippen LogP contribution in [-0.2, 0) is 0 Å². The van der Waals surface area contributed by atoms with Gasteiger partial charge < -0.3 is 13.9 Å². The molecule has 0 aliphatic carbocycles. The molecule has 0 radical (unpaired) electrons. The van der Waals surface area contributed by atoms with Crippen molar-refractivity contribution in [2.75, 3.05) is 4.90 Å². The Hall–Kier alpha value is -8.14. The zero-order valence-electron chi connectivity index (χ0n) is 33.2. The molecule has 0 unspecified atom stereocenters. The van der Waals surface area contributed by atoms with Crippen molar-refractivity contribution in [2.24, 2.45) is 0 Å². The number of anilines is 3. The van der Waals surface area contributed by atoms with Crippen molar-refractivity contribution in [3.63, 3.8) is 0 Å². The molecule has 0 atom stereocenters. The second-order valence-corrected chi connectivity index (χ2v) is 15.7. The van der Waals surface area contributed by atoms with E-state index in [2.05, 4.69) is 234 Å². The van der Waals surface area contributed by atoms with Crippen molar-refractivity contribution < 1.29 is 4.42 Å². The SMILES string of the molecule is c1ccc(-c2ccc(N(c3ccc(-c4cccc5ccccc45)cc3)c3cccc(-c4cccc5c4c4ccccc4n5-c4cccc5c4oc4ccccc45)c3)cc2)cc1. The second kappa shape index (κ2) is 14.3. The molecule has 2 aromatic heterocycles. The van der Waals surface area contributed by atoms with Crippen molar-refractivity contribution in [3.8, 4) is 39.1 Å². The van der Waals surface area contributed by atoms with Crippen LogP contribution in [0.3, 0.4) is 0 Å². The van der Waals surface area contributed by atoms with Crippen LogP contribution in [0.5, 0.6) is 0 Å². The van der Waals surface area contributed by atoms with Crippen LogP contribution >= 0.6 is 0 Å². The van der Waals surface area contributed by atoms with Crippen LogP contribution in [0, 0.1) is 0 Å². The molecule has 2 heterocycles. The highest BCUT2D eigenvalue weighted by Gasteiger charge is 2.21. The molecule has 3 heteroatoms. The van der Waals surface area contributed by atoms with Gasteiger partial charge in [0.2, 0.25) is 0 Å². The highest BCUT2D eigenvalue weighted by molar-refractivity contribution is 6.17. The third-order valence-corrected chi connectivity index (χ3v) is 12.2. The Morgan fingerprint density at radius 1 is 0.344 bits per heavy atom. The maximum absolute atomic E-state index is 6.60. The molecule has 0 fully saturated rings. The van der Waals surface area contributed by atoms with E-state index in [0.717, 1.165) is 61.3 Å². The van der Waals surface area contributed by atoms with Gasteiger partial charge in [0.25, 0.3) is 0 Å². The summed E-state index contributed by atoms with van der Waals surface area (Å²) < 4.78 is 8.98. The van der Waals surface area contributed by atoms with Gasteiger partial charge in [0.15, 0.2) is 5.58 Å². The molecule has 12 aromatic rings. The highest BCUT2D eigenvalue weighted by Crippen LogP contribution is 2.44. The van der Waals surface area contributed by atoms with E-state index in [1.807, 2.05) is 6.07 Å². The van der Waals surface area contributed by atoms with Crippen LogP contribution in [0.2, 0.25) is 0 Å². The molecule has 0 bridgehead atoms. The van der Waals surface area contributed by atoms with E-state index in [-0.39, 0.29) is 0 Å². The van der Waals surface area contributed by atoms with E-state index >= 15 is 0 Å². The quantitative estimate of drug-likeness (QED) is 0.161. The normalized spacial score (nSPS) is 11.6. The van der Waals surface area contributed by atoms with Crippen molar-refractivity contribution in [2.45, 2.75) is 0 Å². The Kier molecular flexibility index (Phi) is 8.17. The molecular formula is C58H38N2O. The van der Waals surface area contributed by atoms with Gasteiger partial charge in [-0.3, -0.25) is 0 Å². The summed E-state index contributed by atoms with van der Waals surface area (Å²) in [4.78, 5) is 2.37. The van der Waals surface area contributed by atoms with Gasteiger partial charge in [-0.15, -0.1) is 0 Å². The number of rotatable bonds is 7. The number of nitrogens with zero attached hydrogens (tertiary/aromatic N) is 2. The van der Waals surface area contributed by atoms with Crippen molar-refractivity contribution in [3.05, 3.63) is 231 Å². The lowest BCUT2D eigenvalue weighted by Gasteiger charge is -2.26. The van der Waals surface area contributed by atoms with Crippen LogP contribution < -0.4 is 4.90 Å². The van der Waals surface area contributed by atoms with E-state index in [0.29, 0.717) is 0 Å². The first kappa shape index (κ1) is 34.9. The summed E-state index contributed by atoms with van der Waals surface area (Å²) in [6.45, 7) is 0. The minimum absolute atomic E-state index is 0.888. The Bertz CT molecular complexity index is 3570. The summed E-state index contributed by atoms with van der Waals surface area (Å²) in [5.74, 6) is 0. The molecule has 0 N–H and O–H groups in total. The number of benzene rings is 10. The standard InChI is InChI=1S/C58H38N2O/c1-2-14-39(15-3-1)40-30-34-44(35-31-40)59(45-36-32-42(33-37-45)48-23-11-17-41-16-4-5-20-47(41)48)46-19-10-18-43(38-46)49-24-12-27-54-57(49)52-22-6-8-26-53(52)60(54)55-28-13-25-51-50-21-7-9-29-56(50)61-58(51)55/h1-38H. The number of aromatic nitrogens is 1. The summed E-state index contributed by atoms with van der Waals surface area (Å²) in [5.41, 5.74) is 15.5. The van der Waals surface area contributed by atoms with Crippen LogP contribution in [0.25, 0.3) is 93.6 Å². The van der Waals surface area contributed by atoms with E-state index in [1.54, 1.807) is 0 Å². The van der Waals surface area contributed by atoms with E-state index in [4.69, 9.17) is 4.42 Å². The van der Waals surface area contributed by atoms with Crippen molar-refractivity contribution in [1.29, 1.82) is 0 Å². The third kappa shape index (κ3) is 5.82. The van der Waals surface area contributed by atoms with Gasteiger partial charge in [-0.1, -0.05) is 170 Å². The molecule has 0 amide bonds. The van der Waals surface area contributed by atoms with E-state index in [9.17, 15) is 0 Å². The largest absolute Gasteiger partial charge is 0.454 e. The zero-order chi connectivity index (χ0) is 40.3. The monoisotopic (exact) mass is 778 g/mol. The molecule has 12 rings (SSSR count). The summed E-state index contributed by atoms with van der Waals surface area (Å²) >= 11 is 0.